The van der Waals surface area contributed by atoms with Crippen LogP contribution < -0.4 is 0 Å². The number of rotatable bonds is 5. The molecular formula is C12H24. The molecule has 0 aromatic heterocycles. The van der Waals surface area contributed by atoms with Gasteiger partial charge in [0.05, 0.1) is 0 Å². The van der Waals surface area contributed by atoms with Crippen molar-refractivity contribution >= 4 is 0 Å². The van der Waals surface area contributed by atoms with E-state index in [-0.39, 0.29) is 0 Å². The molecule has 0 radical (unpaired) electrons. The van der Waals surface area contributed by atoms with E-state index in [9.17, 15) is 0 Å². The van der Waals surface area contributed by atoms with Crippen LogP contribution in [0.15, 0.2) is 12.7 Å². The predicted octanol–water partition coefficient (Wildman–Crippen LogP) is 4.13. The van der Waals surface area contributed by atoms with Crippen molar-refractivity contribution in [3.8, 4) is 0 Å². The molecule has 0 spiro atoms. The van der Waals surface area contributed by atoms with Crippen LogP contribution in [0.5, 0.6) is 0 Å². The van der Waals surface area contributed by atoms with Crippen LogP contribution in [0.3, 0.4) is 0 Å². The molecule has 0 amide bonds. The van der Waals surface area contributed by atoms with Crippen LogP contribution in [-0.2, 0) is 0 Å². The number of hydrogen-bond donors (Lipinski definition) is 0. The first-order chi connectivity index (χ1) is 5.54. The molecule has 0 aromatic carbocycles. The van der Waals surface area contributed by atoms with Crippen molar-refractivity contribution in [3.05, 3.63) is 12.7 Å². The first kappa shape index (κ1) is 11.7. The van der Waals surface area contributed by atoms with E-state index < -0.39 is 0 Å². The van der Waals surface area contributed by atoms with Crippen molar-refractivity contribution < 1.29 is 0 Å². The molecular weight excluding hydrogens is 144 g/mol. The van der Waals surface area contributed by atoms with Gasteiger partial charge in [0, 0.05) is 0 Å². The Morgan fingerprint density at radius 2 is 1.58 bits per heavy atom. The maximum absolute atomic E-state index is 3.85. The van der Waals surface area contributed by atoms with E-state index in [1.165, 1.54) is 6.42 Å². The summed E-state index contributed by atoms with van der Waals surface area (Å²) >= 11 is 0. The molecule has 0 aromatic rings. The standard InChI is InChI=1S/C12H24/c1-7-9(3)11(5)12(6)10(4)8-2/h7,9-12H,1,8H2,2-6H3. The first-order valence-electron chi connectivity index (χ1n) is 5.17. The maximum atomic E-state index is 3.85. The molecule has 0 heteroatoms. The lowest BCUT2D eigenvalue weighted by Crippen LogP contribution is -2.20. The average molecular weight is 168 g/mol. The number of hydrogen-bond acceptors (Lipinski definition) is 0. The van der Waals surface area contributed by atoms with Crippen molar-refractivity contribution in [1.82, 2.24) is 0 Å². The zero-order chi connectivity index (χ0) is 9.72. The van der Waals surface area contributed by atoms with Gasteiger partial charge in [0.2, 0.25) is 0 Å². The largest absolute Gasteiger partial charge is 0.103 e. The monoisotopic (exact) mass is 168 g/mol. The van der Waals surface area contributed by atoms with Gasteiger partial charge in [-0.15, -0.1) is 6.58 Å². The fourth-order valence-electron chi connectivity index (χ4n) is 1.58. The SMILES string of the molecule is C=CC(C)C(C)C(C)C(C)CC. The minimum absolute atomic E-state index is 0.647. The van der Waals surface area contributed by atoms with Gasteiger partial charge in [-0.3, -0.25) is 0 Å². The summed E-state index contributed by atoms with van der Waals surface area (Å²) in [6, 6.07) is 0. The van der Waals surface area contributed by atoms with E-state index in [2.05, 4.69) is 47.3 Å². The molecule has 0 fully saturated rings. The summed E-state index contributed by atoms with van der Waals surface area (Å²) in [5, 5.41) is 0. The Morgan fingerprint density at radius 1 is 1.08 bits per heavy atom. The normalized spacial score (nSPS) is 21.1. The lowest BCUT2D eigenvalue weighted by Gasteiger charge is -2.28. The molecule has 0 saturated carbocycles. The fourth-order valence-corrected chi connectivity index (χ4v) is 1.58. The highest BCUT2D eigenvalue weighted by Gasteiger charge is 2.20. The van der Waals surface area contributed by atoms with Crippen LogP contribution in [-0.4, -0.2) is 0 Å². The minimum Gasteiger partial charge on any atom is -0.103 e. The maximum Gasteiger partial charge on any atom is -0.0236 e. The second-order valence-corrected chi connectivity index (χ2v) is 4.20. The number of allylic oxidation sites excluding steroid dienone is 1. The molecule has 0 nitrogen and oxygen atoms in total. The Bertz CT molecular complexity index is 126. The zero-order valence-electron chi connectivity index (χ0n) is 9.30. The van der Waals surface area contributed by atoms with Gasteiger partial charge in [0.25, 0.3) is 0 Å². The summed E-state index contributed by atoms with van der Waals surface area (Å²) in [5.41, 5.74) is 0. The van der Waals surface area contributed by atoms with E-state index in [1.54, 1.807) is 0 Å². The molecule has 0 aliphatic rings. The van der Waals surface area contributed by atoms with E-state index in [0.717, 1.165) is 17.8 Å². The second-order valence-electron chi connectivity index (χ2n) is 4.20. The van der Waals surface area contributed by atoms with Crippen LogP contribution in [0.2, 0.25) is 0 Å². The Kier molecular flexibility index (Phi) is 5.28. The summed E-state index contributed by atoms with van der Waals surface area (Å²) in [7, 11) is 0. The molecule has 0 aliphatic carbocycles. The Morgan fingerprint density at radius 3 is 1.92 bits per heavy atom. The van der Waals surface area contributed by atoms with Gasteiger partial charge in [0.15, 0.2) is 0 Å². The molecule has 12 heavy (non-hydrogen) atoms. The summed E-state index contributed by atoms with van der Waals surface area (Å²) in [6.07, 6.45) is 3.36. The van der Waals surface area contributed by atoms with Crippen LogP contribution in [0.25, 0.3) is 0 Å². The van der Waals surface area contributed by atoms with Crippen molar-refractivity contribution in [2.75, 3.05) is 0 Å². The molecule has 4 unspecified atom stereocenters. The third kappa shape index (κ3) is 3.00. The van der Waals surface area contributed by atoms with E-state index in [1.807, 2.05) is 0 Å². The highest BCUT2D eigenvalue weighted by atomic mass is 14.3. The van der Waals surface area contributed by atoms with Crippen molar-refractivity contribution in [3.63, 3.8) is 0 Å². The van der Waals surface area contributed by atoms with E-state index in [4.69, 9.17) is 0 Å². The van der Waals surface area contributed by atoms with Crippen molar-refractivity contribution in [1.29, 1.82) is 0 Å². The van der Waals surface area contributed by atoms with Gasteiger partial charge < -0.3 is 0 Å². The highest BCUT2D eigenvalue weighted by Crippen LogP contribution is 2.28. The minimum atomic E-state index is 0.647. The molecule has 0 aliphatic heterocycles. The van der Waals surface area contributed by atoms with Crippen molar-refractivity contribution in [2.24, 2.45) is 23.7 Å². The topological polar surface area (TPSA) is 0 Å². The fraction of sp³-hybridized carbons (Fsp3) is 0.833. The summed E-state index contributed by atoms with van der Waals surface area (Å²) < 4.78 is 0. The summed E-state index contributed by atoms with van der Waals surface area (Å²) in [5.74, 6) is 3.05. The lowest BCUT2D eigenvalue weighted by molar-refractivity contribution is 0.233. The van der Waals surface area contributed by atoms with Gasteiger partial charge in [-0.1, -0.05) is 47.1 Å². The van der Waals surface area contributed by atoms with Gasteiger partial charge in [-0.05, 0) is 23.7 Å². The summed E-state index contributed by atoms with van der Waals surface area (Å²) in [6.45, 7) is 15.4. The molecule has 72 valence electrons. The zero-order valence-corrected chi connectivity index (χ0v) is 9.30. The lowest BCUT2D eigenvalue weighted by atomic mass is 9.77. The molecule has 0 heterocycles. The van der Waals surface area contributed by atoms with Gasteiger partial charge in [-0.25, -0.2) is 0 Å². The third-order valence-electron chi connectivity index (χ3n) is 3.57. The van der Waals surface area contributed by atoms with Crippen molar-refractivity contribution in [2.45, 2.75) is 41.0 Å². The molecule has 4 atom stereocenters. The quantitative estimate of drug-likeness (QED) is 0.541. The molecule has 0 saturated heterocycles. The van der Waals surface area contributed by atoms with Crippen LogP contribution in [0.1, 0.15) is 41.0 Å². The predicted molar refractivity (Wildman–Crippen MR) is 57.1 cm³/mol. The smallest absolute Gasteiger partial charge is 0.0236 e. The molecule has 0 N–H and O–H groups in total. The van der Waals surface area contributed by atoms with Gasteiger partial charge >= 0.3 is 0 Å². The van der Waals surface area contributed by atoms with E-state index in [0.29, 0.717) is 5.92 Å². The highest BCUT2D eigenvalue weighted by molar-refractivity contribution is 4.82. The van der Waals surface area contributed by atoms with Crippen LogP contribution in [0, 0.1) is 23.7 Å². The van der Waals surface area contributed by atoms with E-state index >= 15 is 0 Å². The summed E-state index contributed by atoms with van der Waals surface area (Å²) in [4.78, 5) is 0. The second kappa shape index (κ2) is 5.40. The Hall–Kier alpha value is -0.260. The van der Waals surface area contributed by atoms with Crippen LogP contribution in [0.4, 0.5) is 0 Å². The average Bonchev–Trinajstić information content (AvgIpc) is 2.12. The molecule has 0 bridgehead atoms. The first-order valence-corrected chi connectivity index (χ1v) is 5.17. The van der Waals surface area contributed by atoms with Crippen LogP contribution >= 0.6 is 0 Å². The Balaban J connectivity index is 4.07. The third-order valence-corrected chi connectivity index (χ3v) is 3.57. The molecule has 0 rings (SSSR count). The Labute approximate surface area is 78.1 Å². The van der Waals surface area contributed by atoms with Gasteiger partial charge in [0.1, 0.15) is 0 Å². The van der Waals surface area contributed by atoms with Gasteiger partial charge in [-0.2, -0.15) is 0 Å².